The van der Waals surface area contributed by atoms with Crippen molar-refractivity contribution in [1.82, 2.24) is 9.78 Å². The molecule has 0 aliphatic heterocycles. The molecule has 100 valence electrons. The van der Waals surface area contributed by atoms with Gasteiger partial charge in [0.25, 0.3) is 0 Å². The zero-order valence-corrected chi connectivity index (χ0v) is 10.5. The highest BCUT2D eigenvalue weighted by Crippen LogP contribution is 2.11. The van der Waals surface area contributed by atoms with Crippen molar-refractivity contribution >= 4 is 11.7 Å². The Kier molecular flexibility index (Phi) is 3.79. The minimum atomic E-state index is -0.424. The second-order valence-corrected chi connectivity index (χ2v) is 4.20. The number of carbonyl (C=O) groups is 1. The van der Waals surface area contributed by atoms with Crippen LogP contribution in [0.25, 0.3) is 0 Å². The zero-order chi connectivity index (χ0) is 13.8. The first kappa shape index (κ1) is 13.1. The summed E-state index contributed by atoms with van der Waals surface area (Å²) in [6.07, 6.45) is 3.00. The number of halogens is 1. The van der Waals surface area contributed by atoms with E-state index in [-0.39, 0.29) is 19.0 Å². The Bertz CT molecular complexity index is 595. The molecule has 0 atom stereocenters. The molecule has 19 heavy (non-hydrogen) atoms. The fourth-order valence-corrected chi connectivity index (χ4v) is 1.62. The van der Waals surface area contributed by atoms with E-state index in [2.05, 4.69) is 5.10 Å². The number of carbonyl (C=O) groups excluding carboxylic acids is 1. The van der Waals surface area contributed by atoms with E-state index in [1.807, 2.05) is 0 Å². The van der Waals surface area contributed by atoms with E-state index < -0.39 is 5.97 Å². The normalized spacial score (nSPS) is 10.4. The summed E-state index contributed by atoms with van der Waals surface area (Å²) in [5.41, 5.74) is 7.49. The Hall–Kier alpha value is -2.37. The van der Waals surface area contributed by atoms with Crippen LogP contribution in [0.15, 0.2) is 30.6 Å². The number of anilines is 1. The third-order valence-electron chi connectivity index (χ3n) is 2.64. The molecule has 2 N–H and O–H groups in total. The van der Waals surface area contributed by atoms with Gasteiger partial charge in [-0.05, 0) is 30.2 Å². The van der Waals surface area contributed by atoms with Gasteiger partial charge in [-0.3, -0.25) is 9.48 Å². The third kappa shape index (κ3) is 3.54. The lowest BCUT2D eigenvalue weighted by Gasteiger charge is -2.07. The first-order valence-electron chi connectivity index (χ1n) is 5.73. The largest absolute Gasteiger partial charge is 0.459 e. The average Bonchev–Trinajstić information content (AvgIpc) is 2.73. The highest BCUT2D eigenvalue weighted by Gasteiger charge is 2.07. The summed E-state index contributed by atoms with van der Waals surface area (Å²) in [7, 11) is 0. The molecule has 1 aromatic heterocycles. The number of nitrogens with two attached hydrogens (primary N) is 1. The van der Waals surface area contributed by atoms with Crippen LogP contribution in [0.4, 0.5) is 10.1 Å². The molecule has 0 saturated heterocycles. The van der Waals surface area contributed by atoms with Crippen LogP contribution in [0.5, 0.6) is 0 Å². The number of aryl methyl sites for hydroxylation is 1. The molecule has 0 bridgehead atoms. The molecule has 2 rings (SSSR count). The van der Waals surface area contributed by atoms with Gasteiger partial charge in [0, 0.05) is 6.20 Å². The van der Waals surface area contributed by atoms with Gasteiger partial charge < -0.3 is 10.5 Å². The van der Waals surface area contributed by atoms with Gasteiger partial charge in [-0.15, -0.1) is 0 Å². The molecule has 5 nitrogen and oxygen atoms in total. The van der Waals surface area contributed by atoms with Crippen LogP contribution in [0.2, 0.25) is 0 Å². The number of rotatable bonds is 4. The first-order chi connectivity index (χ1) is 9.04. The molecule has 0 radical (unpaired) electrons. The number of nitrogens with zero attached hydrogens (tertiary/aromatic N) is 2. The summed E-state index contributed by atoms with van der Waals surface area (Å²) < 4.78 is 19.4. The Balaban J connectivity index is 1.89. The Morgan fingerprint density at radius 1 is 1.53 bits per heavy atom. The minimum Gasteiger partial charge on any atom is -0.459 e. The van der Waals surface area contributed by atoms with Crippen LogP contribution < -0.4 is 5.73 Å². The van der Waals surface area contributed by atoms with Crippen molar-refractivity contribution < 1.29 is 13.9 Å². The van der Waals surface area contributed by atoms with E-state index in [0.717, 1.165) is 11.1 Å². The SMILES string of the molecule is Cc1cc(F)ccc1COC(=O)Cn1cc(N)cn1. The Morgan fingerprint density at radius 2 is 2.32 bits per heavy atom. The molecule has 6 heteroatoms. The lowest BCUT2D eigenvalue weighted by Crippen LogP contribution is -2.14. The molecule has 0 amide bonds. The van der Waals surface area contributed by atoms with Gasteiger partial charge >= 0.3 is 5.97 Å². The fourth-order valence-electron chi connectivity index (χ4n) is 1.62. The van der Waals surface area contributed by atoms with Crippen molar-refractivity contribution in [3.63, 3.8) is 0 Å². The molecule has 0 aliphatic rings. The predicted octanol–water partition coefficient (Wildman–Crippen LogP) is 1.66. The van der Waals surface area contributed by atoms with Crippen molar-refractivity contribution in [2.75, 3.05) is 5.73 Å². The van der Waals surface area contributed by atoms with E-state index >= 15 is 0 Å². The third-order valence-corrected chi connectivity index (χ3v) is 2.64. The number of hydrogen-bond donors (Lipinski definition) is 1. The molecule has 0 aliphatic carbocycles. The van der Waals surface area contributed by atoms with Crippen molar-refractivity contribution in [3.8, 4) is 0 Å². The summed E-state index contributed by atoms with van der Waals surface area (Å²) in [4.78, 5) is 11.6. The minimum absolute atomic E-state index is 0.00254. The summed E-state index contributed by atoms with van der Waals surface area (Å²) >= 11 is 0. The van der Waals surface area contributed by atoms with Crippen molar-refractivity contribution in [1.29, 1.82) is 0 Å². The number of esters is 1. The predicted molar refractivity (Wildman–Crippen MR) is 67.6 cm³/mol. The Morgan fingerprint density at radius 3 is 2.95 bits per heavy atom. The van der Waals surface area contributed by atoms with Gasteiger partial charge in [0.05, 0.1) is 11.9 Å². The molecule has 0 unspecified atom stereocenters. The smallest absolute Gasteiger partial charge is 0.328 e. The van der Waals surface area contributed by atoms with Crippen LogP contribution in [0.1, 0.15) is 11.1 Å². The lowest BCUT2D eigenvalue weighted by atomic mass is 10.1. The standard InChI is InChI=1S/C13H14FN3O2/c1-9-4-11(14)3-2-10(9)8-19-13(18)7-17-6-12(15)5-16-17/h2-6H,7-8,15H2,1H3. The lowest BCUT2D eigenvalue weighted by molar-refractivity contribution is -0.145. The van der Waals surface area contributed by atoms with Crippen LogP contribution in [-0.4, -0.2) is 15.7 Å². The maximum Gasteiger partial charge on any atom is 0.328 e. The van der Waals surface area contributed by atoms with Gasteiger partial charge in [-0.25, -0.2) is 4.39 Å². The summed E-state index contributed by atoms with van der Waals surface area (Å²) in [6.45, 7) is 1.87. The van der Waals surface area contributed by atoms with E-state index in [4.69, 9.17) is 10.5 Å². The molecule has 2 aromatic rings. The molecule has 1 aromatic carbocycles. The number of nitrogen functional groups attached to an aromatic ring is 1. The maximum absolute atomic E-state index is 12.9. The highest BCUT2D eigenvalue weighted by atomic mass is 19.1. The van der Waals surface area contributed by atoms with Gasteiger partial charge in [0.1, 0.15) is 19.0 Å². The van der Waals surface area contributed by atoms with E-state index in [1.54, 1.807) is 19.2 Å². The van der Waals surface area contributed by atoms with E-state index in [9.17, 15) is 9.18 Å². The van der Waals surface area contributed by atoms with Crippen molar-refractivity contribution in [2.45, 2.75) is 20.1 Å². The van der Waals surface area contributed by atoms with Crippen LogP contribution in [-0.2, 0) is 22.7 Å². The van der Waals surface area contributed by atoms with E-state index in [1.165, 1.54) is 23.0 Å². The van der Waals surface area contributed by atoms with Gasteiger partial charge in [-0.1, -0.05) is 6.07 Å². The molecular weight excluding hydrogens is 249 g/mol. The summed E-state index contributed by atoms with van der Waals surface area (Å²) in [5.74, 6) is -0.730. The first-order valence-corrected chi connectivity index (χ1v) is 5.73. The van der Waals surface area contributed by atoms with Crippen molar-refractivity contribution in [2.24, 2.45) is 0 Å². The van der Waals surface area contributed by atoms with Crippen LogP contribution in [0.3, 0.4) is 0 Å². The number of ether oxygens (including phenoxy) is 1. The summed E-state index contributed by atoms with van der Waals surface area (Å²) in [5, 5.41) is 3.88. The van der Waals surface area contributed by atoms with Gasteiger partial charge in [0.2, 0.25) is 0 Å². The number of hydrogen-bond acceptors (Lipinski definition) is 4. The fraction of sp³-hybridized carbons (Fsp3) is 0.231. The van der Waals surface area contributed by atoms with E-state index in [0.29, 0.717) is 5.69 Å². The second-order valence-electron chi connectivity index (χ2n) is 4.20. The van der Waals surface area contributed by atoms with Gasteiger partial charge in [0.15, 0.2) is 0 Å². The second kappa shape index (κ2) is 5.51. The van der Waals surface area contributed by atoms with Gasteiger partial charge in [-0.2, -0.15) is 5.10 Å². The highest BCUT2D eigenvalue weighted by molar-refractivity contribution is 5.69. The molecule has 0 saturated carbocycles. The Labute approximate surface area is 109 Å². The average molecular weight is 263 g/mol. The zero-order valence-electron chi connectivity index (χ0n) is 10.5. The maximum atomic E-state index is 12.9. The quantitative estimate of drug-likeness (QED) is 0.852. The topological polar surface area (TPSA) is 70.1 Å². The summed E-state index contributed by atoms with van der Waals surface area (Å²) in [6, 6.07) is 4.34. The molecule has 0 fully saturated rings. The van der Waals surface area contributed by atoms with Crippen LogP contribution in [0, 0.1) is 12.7 Å². The molecular formula is C13H14FN3O2. The monoisotopic (exact) mass is 263 g/mol. The number of aromatic nitrogens is 2. The molecule has 1 heterocycles. The molecule has 0 spiro atoms. The van der Waals surface area contributed by atoms with Crippen LogP contribution >= 0.6 is 0 Å². The number of benzene rings is 1. The van der Waals surface area contributed by atoms with Crippen molar-refractivity contribution in [3.05, 3.63) is 47.5 Å².